The lowest BCUT2D eigenvalue weighted by Crippen LogP contribution is -2.44. The van der Waals surface area contributed by atoms with Crippen LogP contribution in [0.15, 0.2) is 0 Å². The number of hydrogen-bond acceptors (Lipinski definition) is 3. The molecule has 0 aliphatic carbocycles. The molecule has 2 rings (SSSR count). The maximum absolute atomic E-state index is 5.75. The molecule has 0 spiro atoms. The monoisotopic (exact) mass is 240 g/mol. The normalized spacial score (nSPS) is 30.4. The topological polar surface area (TPSA) is 24.5 Å². The van der Waals surface area contributed by atoms with Crippen molar-refractivity contribution < 1.29 is 4.74 Å². The number of likely N-dealkylation sites (tertiary alicyclic amines) is 1. The van der Waals surface area contributed by atoms with Crippen LogP contribution in [0.2, 0.25) is 0 Å². The summed E-state index contributed by atoms with van der Waals surface area (Å²) in [5, 5.41) is 3.64. The zero-order chi connectivity index (χ0) is 12.1. The number of nitrogens with one attached hydrogen (secondary N) is 1. The van der Waals surface area contributed by atoms with Crippen LogP contribution in [-0.4, -0.2) is 50.8 Å². The quantitative estimate of drug-likeness (QED) is 0.812. The van der Waals surface area contributed by atoms with Crippen LogP contribution in [0.1, 0.15) is 39.0 Å². The van der Waals surface area contributed by atoms with Crippen molar-refractivity contribution in [1.82, 2.24) is 10.2 Å². The van der Waals surface area contributed by atoms with Crippen molar-refractivity contribution in [2.45, 2.75) is 45.1 Å². The number of rotatable bonds is 4. The minimum atomic E-state index is 0.471. The zero-order valence-corrected chi connectivity index (χ0v) is 11.5. The highest BCUT2D eigenvalue weighted by Crippen LogP contribution is 2.29. The number of ether oxygens (including phenoxy) is 1. The third-order valence-corrected chi connectivity index (χ3v) is 4.39. The molecule has 0 amide bonds. The van der Waals surface area contributed by atoms with Gasteiger partial charge in [-0.05, 0) is 57.7 Å². The molecule has 0 aromatic carbocycles. The largest absolute Gasteiger partial charge is 0.377 e. The van der Waals surface area contributed by atoms with Gasteiger partial charge in [0, 0.05) is 19.7 Å². The minimum absolute atomic E-state index is 0.471. The van der Waals surface area contributed by atoms with Crippen LogP contribution in [0.3, 0.4) is 0 Å². The lowest BCUT2D eigenvalue weighted by molar-refractivity contribution is 0.0143. The van der Waals surface area contributed by atoms with Gasteiger partial charge in [0.2, 0.25) is 0 Å². The Balaban J connectivity index is 1.63. The SMILES string of the molecule is CN1CCC(C)(CNCC2CCCCO2)CC1. The summed E-state index contributed by atoms with van der Waals surface area (Å²) >= 11 is 0. The lowest BCUT2D eigenvalue weighted by Gasteiger charge is -2.38. The molecule has 100 valence electrons. The highest BCUT2D eigenvalue weighted by molar-refractivity contribution is 4.83. The molecule has 0 aromatic heterocycles. The minimum Gasteiger partial charge on any atom is -0.377 e. The molecule has 3 heteroatoms. The van der Waals surface area contributed by atoms with E-state index in [0.29, 0.717) is 11.5 Å². The molecule has 1 unspecified atom stereocenters. The van der Waals surface area contributed by atoms with Crippen LogP contribution < -0.4 is 5.32 Å². The first kappa shape index (κ1) is 13.3. The van der Waals surface area contributed by atoms with E-state index in [0.717, 1.165) is 19.7 Å². The molecular formula is C14H28N2O. The summed E-state index contributed by atoms with van der Waals surface area (Å²) in [5.41, 5.74) is 0.501. The Morgan fingerprint density at radius 2 is 2.06 bits per heavy atom. The summed E-state index contributed by atoms with van der Waals surface area (Å²) < 4.78 is 5.75. The summed E-state index contributed by atoms with van der Waals surface area (Å²) in [7, 11) is 2.23. The molecule has 3 nitrogen and oxygen atoms in total. The summed E-state index contributed by atoms with van der Waals surface area (Å²) in [4.78, 5) is 2.44. The van der Waals surface area contributed by atoms with Gasteiger partial charge in [0.05, 0.1) is 6.10 Å². The number of nitrogens with zero attached hydrogens (tertiary/aromatic N) is 1. The van der Waals surface area contributed by atoms with Crippen molar-refractivity contribution in [3.63, 3.8) is 0 Å². The zero-order valence-electron chi connectivity index (χ0n) is 11.5. The van der Waals surface area contributed by atoms with E-state index in [1.54, 1.807) is 0 Å². The van der Waals surface area contributed by atoms with Gasteiger partial charge in [-0.3, -0.25) is 0 Å². The molecule has 1 N–H and O–H groups in total. The first-order valence-electron chi connectivity index (χ1n) is 7.19. The fourth-order valence-electron chi connectivity index (χ4n) is 2.84. The van der Waals surface area contributed by atoms with Crippen LogP contribution in [0, 0.1) is 5.41 Å². The average Bonchev–Trinajstić information content (AvgIpc) is 2.35. The first-order valence-corrected chi connectivity index (χ1v) is 7.19. The predicted octanol–water partition coefficient (Wildman–Crippen LogP) is 1.88. The third-order valence-electron chi connectivity index (χ3n) is 4.39. The van der Waals surface area contributed by atoms with E-state index in [-0.39, 0.29) is 0 Å². The Labute approximate surface area is 106 Å². The van der Waals surface area contributed by atoms with Gasteiger partial charge in [-0.2, -0.15) is 0 Å². The van der Waals surface area contributed by atoms with Crippen LogP contribution in [-0.2, 0) is 4.74 Å². The predicted molar refractivity (Wildman–Crippen MR) is 71.3 cm³/mol. The van der Waals surface area contributed by atoms with Crippen LogP contribution >= 0.6 is 0 Å². The summed E-state index contributed by atoms with van der Waals surface area (Å²) in [6, 6.07) is 0. The van der Waals surface area contributed by atoms with Crippen molar-refractivity contribution in [3.05, 3.63) is 0 Å². The van der Waals surface area contributed by atoms with Gasteiger partial charge in [0.15, 0.2) is 0 Å². The van der Waals surface area contributed by atoms with Crippen molar-refractivity contribution in [2.75, 3.05) is 39.8 Å². The Hall–Kier alpha value is -0.120. The highest BCUT2D eigenvalue weighted by Gasteiger charge is 2.28. The second-order valence-corrected chi connectivity index (χ2v) is 6.23. The molecule has 0 radical (unpaired) electrons. The molecule has 2 aliphatic heterocycles. The van der Waals surface area contributed by atoms with Gasteiger partial charge >= 0.3 is 0 Å². The Morgan fingerprint density at radius 3 is 2.71 bits per heavy atom. The van der Waals surface area contributed by atoms with E-state index in [2.05, 4.69) is 24.2 Å². The molecule has 0 aromatic rings. The van der Waals surface area contributed by atoms with E-state index in [1.165, 1.54) is 45.2 Å². The fourth-order valence-corrected chi connectivity index (χ4v) is 2.84. The van der Waals surface area contributed by atoms with E-state index < -0.39 is 0 Å². The molecule has 2 saturated heterocycles. The summed E-state index contributed by atoms with van der Waals surface area (Å²) in [5.74, 6) is 0. The van der Waals surface area contributed by atoms with Crippen LogP contribution in [0.4, 0.5) is 0 Å². The summed E-state index contributed by atoms with van der Waals surface area (Å²) in [6.45, 7) is 8.09. The van der Waals surface area contributed by atoms with Crippen molar-refractivity contribution in [1.29, 1.82) is 0 Å². The van der Waals surface area contributed by atoms with Crippen molar-refractivity contribution >= 4 is 0 Å². The second kappa shape index (κ2) is 6.17. The van der Waals surface area contributed by atoms with Crippen molar-refractivity contribution in [2.24, 2.45) is 5.41 Å². The van der Waals surface area contributed by atoms with E-state index in [4.69, 9.17) is 4.74 Å². The second-order valence-electron chi connectivity index (χ2n) is 6.23. The smallest absolute Gasteiger partial charge is 0.0699 e. The molecule has 2 fully saturated rings. The van der Waals surface area contributed by atoms with Gasteiger partial charge in [-0.1, -0.05) is 6.92 Å². The van der Waals surface area contributed by atoms with E-state index >= 15 is 0 Å². The molecule has 0 bridgehead atoms. The standard InChI is InChI=1S/C14H28N2O/c1-14(6-8-16(2)9-7-14)12-15-11-13-5-3-4-10-17-13/h13,15H,3-12H2,1-2H3. The molecule has 17 heavy (non-hydrogen) atoms. The Kier molecular flexibility index (Phi) is 4.83. The van der Waals surface area contributed by atoms with Gasteiger partial charge in [-0.25, -0.2) is 0 Å². The number of hydrogen-bond donors (Lipinski definition) is 1. The molecule has 2 aliphatic rings. The van der Waals surface area contributed by atoms with Crippen molar-refractivity contribution in [3.8, 4) is 0 Å². The molecular weight excluding hydrogens is 212 g/mol. The number of piperidine rings is 1. The molecule has 0 saturated carbocycles. The molecule has 1 atom stereocenters. The van der Waals surface area contributed by atoms with Gasteiger partial charge in [0.1, 0.15) is 0 Å². The van der Waals surface area contributed by atoms with Gasteiger partial charge in [0.25, 0.3) is 0 Å². The maximum Gasteiger partial charge on any atom is 0.0699 e. The van der Waals surface area contributed by atoms with Gasteiger partial charge in [-0.15, -0.1) is 0 Å². The van der Waals surface area contributed by atoms with E-state index in [1.807, 2.05) is 0 Å². The Bertz CT molecular complexity index is 218. The van der Waals surface area contributed by atoms with Crippen LogP contribution in [0.25, 0.3) is 0 Å². The first-order chi connectivity index (χ1) is 8.18. The maximum atomic E-state index is 5.75. The summed E-state index contributed by atoms with van der Waals surface area (Å²) in [6.07, 6.45) is 6.95. The average molecular weight is 240 g/mol. The van der Waals surface area contributed by atoms with Crippen LogP contribution in [0.5, 0.6) is 0 Å². The van der Waals surface area contributed by atoms with Gasteiger partial charge < -0.3 is 15.0 Å². The lowest BCUT2D eigenvalue weighted by atomic mass is 9.80. The highest BCUT2D eigenvalue weighted by atomic mass is 16.5. The Morgan fingerprint density at radius 1 is 1.29 bits per heavy atom. The fraction of sp³-hybridized carbons (Fsp3) is 1.00. The van der Waals surface area contributed by atoms with E-state index in [9.17, 15) is 0 Å². The third kappa shape index (κ3) is 4.23. The molecule has 2 heterocycles.